The second-order valence-corrected chi connectivity index (χ2v) is 2.64. The van der Waals surface area contributed by atoms with Crippen molar-refractivity contribution >= 4 is 6.29 Å². The maximum absolute atomic E-state index is 10.3. The molecule has 60 valence electrons. The zero-order valence-corrected chi connectivity index (χ0v) is 7.26. The van der Waals surface area contributed by atoms with Gasteiger partial charge in [-0.05, 0) is 20.8 Å². The lowest BCUT2D eigenvalue weighted by Crippen LogP contribution is -2.48. The SMILES string of the molecule is CC[N+](CC)(CC)CC=O. The molecule has 2 nitrogen and oxygen atoms in total. The lowest BCUT2D eigenvalue weighted by Gasteiger charge is -2.33. The topological polar surface area (TPSA) is 17.1 Å². The molecule has 0 fully saturated rings. The van der Waals surface area contributed by atoms with Gasteiger partial charge >= 0.3 is 0 Å². The number of rotatable bonds is 5. The molecular weight excluding hydrogens is 126 g/mol. The minimum Gasteiger partial charge on any atom is -0.318 e. The molecule has 2 heteroatoms. The minimum absolute atomic E-state index is 0.670. The quantitative estimate of drug-likeness (QED) is 0.416. The van der Waals surface area contributed by atoms with Gasteiger partial charge in [0, 0.05) is 0 Å². The van der Waals surface area contributed by atoms with Gasteiger partial charge in [-0.2, -0.15) is 0 Å². The Bertz CT molecular complexity index is 89.2. The zero-order valence-electron chi connectivity index (χ0n) is 7.26. The molecule has 0 N–H and O–H groups in total. The Labute approximate surface area is 63.4 Å². The van der Waals surface area contributed by atoms with E-state index in [1.165, 1.54) is 0 Å². The first-order chi connectivity index (χ1) is 4.74. The van der Waals surface area contributed by atoms with E-state index in [9.17, 15) is 4.79 Å². The Kier molecular flexibility index (Phi) is 4.28. The number of hydrogen-bond acceptors (Lipinski definition) is 1. The van der Waals surface area contributed by atoms with Crippen LogP contribution in [0.2, 0.25) is 0 Å². The molecule has 0 atom stereocenters. The molecule has 0 aliphatic carbocycles. The molecule has 10 heavy (non-hydrogen) atoms. The molecular formula is C8H18NO+. The Morgan fingerprint density at radius 1 is 1.10 bits per heavy atom. The van der Waals surface area contributed by atoms with Crippen molar-refractivity contribution in [3.63, 3.8) is 0 Å². The van der Waals surface area contributed by atoms with E-state index in [4.69, 9.17) is 0 Å². The molecule has 0 amide bonds. The largest absolute Gasteiger partial charge is 0.318 e. The summed E-state index contributed by atoms with van der Waals surface area (Å²) in [7, 11) is 0. The normalized spacial score (nSPS) is 11.5. The van der Waals surface area contributed by atoms with Crippen molar-refractivity contribution in [2.75, 3.05) is 26.2 Å². The zero-order chi connectivity index (χ0) is 8.04. The molecule has 0 spiro atoms. The van der Waals surface area contributed by atoms with Gasteiger partial charge in [0.05, 0.1) is 19.6 Å². The lowest BCUT2D eigenvalue weighted by molar-refractivity contribution is -0.915. The average Bonchev–Trinajstić information content (AvgIpc) is 2.01. The van der Waals surface area contributed by atoms with Crippen molar-refractivity contribution in [2.45, 2.75) is 20.8 Å². The van der Waals surface area contributed by atoms with Gasteiger partial charge in [-0.1, -0.05) is 0 Å². The number of carbonyl (C=O) groups is 1. The summed E-state index contributed by atoms with van der Waals surface area (Å²) in [6.07, 6.45) is 1.02. The molecule has 0 aliphatic heterocycles. The lowest BCUT2D eigenvalue weighted by atomic mass is 10.3. The van der Waals surface area contributed by atoms with E-state index in [0.717, 1.165) is 30.4 Å². The maximum Gasteiger partial charge on any atom is 0.174 e. The fraction of sp³-hybridized carbons (Fsp3) is 0.875. The van der Waals surface area contributed by atoms with Gasteiger partial charge in [0.25, 0.3) is 0 Å². The molecule has 0 rings (SSSR count). The van der Waals surface area contributed by atoms with Crippen LogP contribution in [0.3, 0.4) is 0 Å². The summed E-state index contributed by atoms with van der Waals surface area (Å²) in [6.45, 7) is 10.3. The second-order valence-electron chi connectivity index (χ2n) is 2.64. The monoisotopic (exact) mass is 144 g/mol. The number of nitrogens with zero attached hydrogens (tertiary/aromatic N) is 1. The van der Waals surface area contributed by atoms with E-state index in [2.05, 4.69) is 20.8 Å². The highest BCUT2D eigenvalue weighted by molar-refractivity contribution is 5.50. The molecule has 0 aromatic rings. The number of likely N-dealkylation sites (N-methyl/N-ethyl adjacent to an activating group) is 1. The van der Waals surface area contributed by atoms with Crippen LogP contribution in [-0.2, 0) is 4.79 Å². The smallest absolute Gasteiger partial charge is 0.174 e. The van der Waals surface area contributed by atoms with Gasteiger partial charge < -0.3 is 4.48 Å². The van der Waals surface area contributed by atoms with E-state index < -0.39 is 0 Å². The molecule has 0 saturated carbocycles. The molecule has 0 unspecified atom stereocenters. The van der Waals surface area contributed by atoms with Crippen LogP contribution in [0, 0.1) is 0 Å². The Hall–Kier alpha value is -0.370. The van der Waals surface area contributed by atoms with Gasteiger partial charge in [-0.25, -0.2) is 0 Å². The van der Waals surface area contributed by atoms with Crippen molar-refractivity contribution in [1.29, 1.82) is 0 Å². The Morgan fingerprint density at radius 2 is 1.50 bits per heavy atom. The number of aldehydes is 1. The number of quaternary nitrogens is 1. The van der Waals surface area contributed by atoms with Crippen LogP contribution in [0.15, 0.2) is 0 Å². The fourth-order valence-corrected chi connectivity index (χ4v) is 1.22. The van der Waals surface area contributed by atoms with Crippen LogP contribution in [0.5, 0.6) is 0 Å². The van der Waals surface area contributed by atoms with Crippen molar-refractivity contribution in [2.24, 2.45) is 0 Å². The van der Waals surface area contributed by atoms with Gasteiger partial charge in [-0.15, -0.1) is 0 Å². The summed E-state index contributed by atoms with van der Waals surface area (Å²) in [6, 6.07) is 0. The highest BCUT2D eigenvalue weighted by Gasteiger charge is 2.18. The highest BCUT2D eigenvalue weighted by Crippen LogP contribution is 2.02. The summed E-state index contributed by atoms with van der Waals surface area (Å²) < 4.78 is 0.934. The van der Waals surface area contributed by atoms with Gasteiger partial charge in [-0.3, -0.25) is 4.79 Å². The molecule has 0 heterocycles. The average molecular weight is 144 g/mol. The molecule has 0 aromatic carbocycles. The van der Waals surface area contributed by atoms with E-state index in [1.807, 2.05) is 0 Å². The number of hydrogen-bond donors (Lipinski definition) is 0. The summed E-state index contributed by atoms with van der Waals surface area (Å²) in [5.41, 5.74) is 0. The van der Waals surface area contributed by atoms with Crippen LogP contribution in [0.1, 0.15) is 20.8 Å². The van der Waals surface area contributed by atoms with E-state index in [0.29, 0.717) is 6.54 Å². The third-order valence-corrected chi connectivity index (χ3v) is 2.47. The second kappa shape index (κ2) is 4.45. The summed E-state index contributed by atoms with van der Waals surface area (Å²) in [5.74, 6) is 0. The third-order valence-electron chi connectivity index (χ3n) is 2.47. The predicted octanol–water partition coefficient (Wildman–Crippen LogP) is 1.06. The predicted molar refractivity (Wildman–Crippen MR) is 42.8 cm³/mol. The van der Waals surface area contributed by atoms with Crippen LogP contribution in [0.25, 0.3) is 0 Å². The van der Waals surface area contributed by atoms with Gasteiger partial charge in [0.1, 0.15) is 6.54 Å². The van der Waals surface area contributed by atoms with E-state index in [1.54, 1.807) is 0 Å². The highest BCUT2D eigenvalue weighted by atomic mass is 16.1. The minimum atomic E-state index is 0.670. The van der Waals surface area contributed by atoms with E-state index >= 15 is 0 Å². The number of carbonyl (C=O) groups excluding carboxylic acids is 1. The molecule has 0 bridgehead atoms. The van der Waals surface area contributed by atoms with Crippen molar-refractivity contribution < 1.29 is 9.28 Å². The van der Waals surface area contributed by atoms with Crippen molar-refractivity contribution in [3.05, 3.63) is 0 Å². The molecule has 0 radical (unpaired) electrons. The van der Waals surface area contributed by atoms with Crippen molar-refractivity contribution in [1.82, 2.24) is 0 Å². The Morgan fingerprint density at radius 3 is 1.60 bits per heavy atom. The fourth-order valence-electron chi connectivity index (χ4n) is 1.22. The van der Waals surface area contributed by atoms with Gasteiger partial charge in [0.2, 0.25) is 0 Å². The van der Waals surface area contributed by atoms with Crippen molar-refractivity contribution in [3.8, 4) is 0 Å². The molecule has 0 aromatic heterocycles. The van der Waals surface area contributed by atoms with Crippen LogP contribution in [0.4, 0.5) is 0 Å². The first kappa shape index (κ1) is 9.63. The molecule has 0 saturated heterocycles. The standard InChI is InChI=1S/C8H18NO/c1-4-9(5-2,6-3)7-8-10/h8H,4-7H2,1-3H3/q+1. The van der Waals surface area contributed by atoms with Crippen LogP contribution >= 0.6 is 0 Å². The summed E-state index contributed by atoms with van der Waals surface area (Å²) in [5, 5.41) is 0. The first-order valence-corrected chi connectivity index (χ1v) is 4.03. The van der Waals surface area contributed by atoms with Crippen LogP contribution in [-0.4, -0.2) is 36.9 Å². The first-order valence-electron chi connectivity index (χ1n) is 4.03. The van der Waals surface area contributed by atoms with Crippen LogP contribution < -0.4 is 0 Å². The van der Waals surface area contributed by atoms with E-state index in [-0.39, 0.29) is 0 Å². The summed E-state index contributed by atoms with van der Waals surface area (Å²) in [4.78, 5) is 10.3. The van der Waals surface area contributed by atoms with Gasteiger partial charge in [0.15, 0.2) is 6.29 Å². The maximum atomic E-state index is 10.3. The summed E-state index contributed by atoms with van der Waals surface area (Å²) >= 11 is 0. The molecule has 0 aliphatic rings. The Balaban J connectivity index is 4.00. The third kappa shape index (κ3) is 2.10.